The van der Waals surface area contributed by atoms with Crippen LogP contribution in [0.5, 0.6) is 0 Å². The van der Waals surface area contributed by atoms with Crippen molar-refractivity contribution < 1.29 is 9.53 Å². The fourth-order valence-electron chi connectivity index (χ4n) is 4.86. The van der Waals surface area contributed by atoms with Crippen LogP contribution in [-0.2, 0) is 24.0 Å². The number of nitrogens with one attached hydrogen (secondary N) is 1. The summed E-state index contributed by atoms with van der Waals surface area (Å²) in [4.78, 5) is 12.3. The lowest BCUT2D eigenvalue weighted by Crippen LogP contribution is -2.25. The zero-order valence-electron chi connectivity index (χ0n) is 19.3. The van der Waals surface area contributed by atoms with Crippen molar-refractivity contribution in [3.05, 3.63) is 83.1 Å². The summed E-state index contributed by atoms with van der Waals surface area (Å²) in [5.41, 5.74) is 5.95. The molecule has 166 valence electrons. The molecule has 0 fully saturated rings. The van der Waals surface area contributed by atoms with E-state index in [9.17, 15) is 4.79 Å². The maximum atomic E-state index is 12.3. The smallest absolute Gasteiger partial charge is 0.343 e. The quantitative estimate of drug-likeness (QED) is 0.408. The summed E-state index contributed by atoms with van der Waals surface area (Å²) >= 11 is 0. The number of carbonyl (C=O) groups excluding carboxylic acids is 1. The lowest BCUT2D eigenvalue weighted by atomic mass is 9.89. The van der Waals surface area contributed by atoms with E-state index in [4.69, 9.17) is 4.74 Å². The van der Waals surface area contributed by atoms with Crippen molar-refractivity contribution in [2.24, 2.45) is 5.92 Å². The molecule has 0 saturated heterocycles. The summed E-state index contributed by atoms with van der Waals surface area (Å²) in [6, 6.07) is 16.1. The van der Waals surface area contributed by atoms with Crippen molar-refractivity contribution in [3.63, 3.8) is 0 Å². The fourth-order valence-corrected chi connectivity index (χ4v) is 4.86. The van der Waals surface area contributed by atoms with Crippen LogP contribution < -0.4 is 5.32 Å². The van der Waals surface area contributed by atoms with Crippen LogP contribution in [0, 0.1) is 5.92 Å². The second-order valence-corrected chi connectivity index (χ2v) is 9.15. The van der Waals surface area contributed by atoms with E-state index >= 15 is 0 Å². The van der Waals surface area contributed by atoms with E-state index in [-0.39, 0.29) is 5.97 Å². The molecule has 0 saturated carbocycles. The van der Waals surface area contributed by atoms with E-state index in [2.05, 4.69) is 63.0 Å². The highest BCUT2D eigenvalue weighted by molar-refractivity contribution is 5.91. The molecule has 0 radical (unpaired) electrons. The molecule has 1 unspecified atom stereocenters. The Morgan fingerprint density at radius 2 is 1.81 bits per heavy atom. The maximum absolute atomic E-state index is 12.3. The third kappa shape index (κ3) is 6.54. The van der Waals surface area contributed by atoms with Crippen LogP contribution in [0.25, 0.3) is 0 Å². The first kappa shape index (κ1) is 23.3. The number of ether oxygens (including phenoxy) is 1. The highest BCUT2D eigenvalue weighted by atomic mass is 16.5. The van der Waals surface area contributed by atoms with Crippen molar-refractivity contribution >= 4 is 5.97 Å². The van der Waals surface area contributed by atoms with Crippen LogP contribution in [-0.4, -0.2) is 12.0 Å². The Kier molecular flexibility index (Phi) is 8.48. The van der Waals surface area contributed by atoms with Gasteiger partial charge in [-0.2, -0.15) is 0 Å². The molecule has 3 rings (SSSR count). The molecule has 0 aliphatic heterocycles. The lowest BCUT2D eigenvalue weighted by Gasteiger charge is -2.19. The van der Waals surface area contributed by atoms with Gasteiger partial charge in [-0.15, -0.1) is 0 Å². The topological polar surface area (TPSA) is 38.3 Å². The Labute approximate surface area is 187 Å². The van der Waals surface area contributed by atoms with Gasteiger partial charge >= 0.3 is 5.97 Å². The highest BCUT2D eigenvalue weighted by Gasteiger charge is 2.19. The number of hydrogen-bond acceptors (Lipinski definition) is 3. The molecule has 1 aliphatic carbocycles. The van der Waals surface area contributed by atoms with Crippen LogP contribution in [0.2, 0.25) is 0 Å². The Morgan fingerprint density at radius 3 is 2.48 bits per heavy atom. The molecular formula is C28H37NO2. The zero-order chi connectivity index (χ0) is 22.2. The van der Waals surface area contributed by atoms with E-state index in [0.717, 1.165) is 32.1 Å². The molecule has 0 heterocycles. The van der Waals surface area contributed by atoms with E-state index in [1.807, 2.05) is 12.1 Å². The molecule has 1 aliphatic rings. The first-order valence-electron chi connectivity index (χ1n) is 11.8. The predicted molar refractivity (Wildman–Crippen MR) is 128 cm³/mol. The summed E-state index contributed by atoms with van der Waals surface area (Å²) in [5, 5.41) is 3.57. The summed E-state index contributed by atoms with van der Waals surface area (Å²) < 4.78 is 5.07. The molecule has 1 N–H and O–H groups in total. The number of hydrogen-bond donors (Lipinski definition) is 1. The Morgan fingerprint density at radius 1 is 1.10 bits per heavy atom. The van der Waals surface area contributed by atoms with Gasteiger partial charge in [0.25, 0.3) is 0 Å². The lowest BCUT2D eigenvalue weighted by molar-refractivity contribution is 0.0663. The Balaban J connectivity index is 1.63. The summed E-state index contributed by atoms with van der Waals surface area (Å²) in [5.74, 6) is 0.402. The van der Waals surface area contributed by atoms with Gasteiger partial charge in [-0.05, 0) is 86.1 Å². The Hall–Kier alpha value is -2.39. The van der Waals surface area contributed by atoms with Crippen molar-refractivity contribution in [3.8, 4) is 0 Å². The first-order valence-corrected chi connectivity index (χ1v) is 11.8. The molecule has 0 bridgehead atoms. The normalized spacial score (nSPS) is 17.7. The van der Waals surface area contributed by atoms with Crippen LogP contribution in [0.4, 0.5) is 0 Å². The van der Waals surface area contributed by atoms with Gasteiger partial charge in [0.05, 0.1) is 11.8 Å². The van der Waals surface area contributed by atoms with Crippen molar-refractivity contribution in [2.45, 2.75) is 77.8 Å². The fraction of sp³-hybridized carbons (Fsp3) is 0.464. The number of fused-ring (bicyclic) bond motifs is 1. The summed E-state index contributed by atoms with van der Waals surface area (Å²) in [6.45, 7) is 10.1. The average molecular weight is 420 g/mol. The van der Waals surface area contributed by atoms with Crippen molar-refractivity contribution in [1.29, 1.82) is 0 Å². The molecule has 31 heavy (non-hydrogen) atoms. The van der Waals surface area contributed by atoms with E-state index < -0.39 is 0 Å². The third-order valence-corrected chi connectivity index (χ3v) is 6.37. The molecule has 3 heteroatoms. The monoisotopic (exact) mass is 419 g/mol. The number of benzene rings is 2. The minimum atomic E-state index is -0.288. The highest BCUT2D eigenvalue weighted by Crippen LogP contribution is 2.28. The van der Waals surface area contributed by atoms with Crippen molar-refractivity contribution in [1.82, 2.24) is 5.32 Å². The number of carbonyl (C=O) groups is 1. The van der Waals surface area contributed by atoms with Gasteiger partial charge < -0.3 is 10.1 Å². The minimum absolute atomic E-state index is 0.288. The zero-order valence-corrected chi connectivity index (χ0v) is 19.3. The van der Waals surface area contributed by atoms with Crippen LogP contribution in [0.15, 0.2) is 55.3 Å². The molecule has 0 aromatic heterocycles. The second kappa shape index (κ2) is 11.3. The number of rotatable bonds is 7. The average Bonchev–Trinajstić information content (AvgIpc) is 2.84. The van der Waals surface area contributed by atoms with Crippen LogP contribution in [0.1, 0.15) is 85.1 Å². The van der Waals surface area contributed by atoms with Gasteiger partial charge in [0.15, 0.2) is 0 Å². The molecule has 2 aromatic carbocycles. The molecule has 2 atom stereocenters. The standard InChI is InChI=1S/C28H37NO2/c1-5-31-28(30)27-14-8-12-25-11-6-9-22(10-7-13-26(25)27)19-23-15-17-24(18-16-23)21(4)29-20(2)3/h5,8,12,14-18,20-22,29H,1,6-7,9-11,13,19H2,2-4H3/t21-,22?/m0/s1. The van der Waals surface area contributed by atoms with Gasteiger partial charge in [-0.3, -0.25) is 0 Å². The van der Waals surface area contributed by atoms with Crippen molar-refractivity contribution in [2.75, 3.05) is 0 Å². The summed E-state index contributed by atoms with van der Waals surface area (Å²) in [7, 11) is 0. The van der Waals surface area contributed by atoms with Crippen LogP contribution in [0.3, 0.4) is 0 Å². The summed E-state index contributed by atoms with van der Waals surface area (Å²) in [6.07, 6.45) is 9.00. The minimum Gasteiger partial charge on any atom is -0.432 e. The predicted octanol–water partition coefficient (Wildman–Crippen LogP) is 6.56. The maximum Gasteiger partial charge on any atom is 0.343 e. The van der Waals surface area contributed by atoms with Crippen LogP contribution >= 0.6 is 0 Å². The first-order chi connectivity index (χ1) is 15.0. The molecule has 2 aromatic rings. The van der Waals surface area contributed by atoms with E-state index in [1.165, 1.54) is 41.4 Å². The second-order valence-electron chi connectivity index (χ2n) is 9.15. The molecule has 0 spiro atoms. The van der Waals surface area contributed by atoms with E-state index in [0.29, 0.717) is 23.6 Å². The van der Waals surface area contributed by atoms with Gasteiger partial charge in [0.1, 0.15) is 0 Å². The van der Waals surface area contributed by atoms with Gasteiger partial charge in [-0.25, -0.2) is 4.79 Å². The molecule has 0 amide bonds. The van der Waals surface area contributed by atoms with Gasteiger partial charge in [-0.1, -0.05) is 56.8 Å². The Bertz CT molecular complexity index is 869. The molecular weight excluding hydrogens is 382 g/mol. The number of aryl methyl sites for hydroxylation is 1. The van der Waals surface area contributed by atoms with Gasteiger partial charge in [0.2, 0.25) is 0 Å². The third-order valence-electron chi connectivity index (χ3n) is 6.37. The number of esters is 1. The molecule has 3 nitrogen and oxygen atoms in total. The largest absolute Gasteiger partial charge is 0.432 e. The SMILES string of the molecule is C=COC(=O)c1cccc2c1CCCC(Cc1ccc([C@H](C)NC(C)C)cc1)CCC2. The van der Waals surface area contributed by atoms with Gasteiger partial charge in [0, 0.05) is 12.1 Å². The van der Waals surface area contributed by atoms with E-state index in [1.54, 1.807) is 0 Å².